The van der Waals surface area contributed by atoms with Gasteiger partial charge in [0.2, 0.25) is 5.95 Å². The number of urea groups is 1. The molecule has 3 N–H and O–H groups in total. The molecule has 1 saturated heterocycles. The van der Waals surface area contributed by atoms with Crippen LogP contribution in [0.5, 0.6) is 0 Å². The summed E-state index contributed by atoms with van der Waals surface area (Å²) in [5.41, 5.74) is 5.10. The number of imidazole rings is 1. The van der Waals surface area contributed by atoms with Crippen LogP contribution in [-0.2, 0) is 0 Å². The van der Waals surface area contributed by atoms with Crippen LogP contribution in [-0.4, -0.2) is 75.6 Å². The van der Waals surface area contributed by atoms with Gasteiger partial charge in [-0.15, -0.1) is 0 Å². The van der Waals surface area contributed by atoms with Crippen LogP contribution in [0.1, 0.15) is 14.4 Å². The molecule has 1 aliphatic rings. The first-order valence-electron chi connectivity index (χ1n) is 11.4. The van der Waals surface area contributed by atoms with Crippen molar-refractivity contribution in [1.82, 2.24) is 35.1 Å². The van der Waals surface area contributed by atoms with Crippen LogP contribution in [0, 0.1) is 0 Å². The molecule has 1 aliphatic heterocycles. The Morgan fingerprint density at radius 1 is 1.11 bits per heavy atom. The fourth-order valence-corrected chi connectivity index (χ4v) is 4.09. The third-order valence-electron chi connectivity index (χ3n) is 5.91. The first-order valence-corrected chi connectivity index (χ1v) is 11.4. The molecule has 5 rings (SSSR count). The maximum absolute atomic E-state index is 12.1. The van der Waals surface area contributed by atoms with E-state index >= 15 is 0 Å². The van der Waals surface area contributed by atoms with Gasteiger partial charge in [-0.2, -0.15) is 0 Å². The molecule has 0 spiro atoms. The molecule has 1 fully saturated rings. The number of fused-ring (bicyclic) bond motifs is 1. The highest BCUT2D eigenvalue weighted by atomic mass is 16.2. The minimum Gasteiger partial charge on any atom is -0.354 e. The third kappa shape index (κ3) is 5.22. The highest BCUT2D eigenvalue weighted by molar-refractivity contribution is 5.98. The lowest BCUT2D eigenvalue weighted by molar-refractivity contribution is 0.252. The van der Waals surface area contributed by atoms with E-state index in [1.807, 2.05) is 37.4 Å². The molecule has 35 heavy (non-hydrogen) atoms. The molecule has 0 unspecified atom stereocenters. The van der Waals surface area contributed by atoms with Gasteiger partial charge in [0, 0.05) is 62.3 Å². The predicted octanol–water partition coefficient (Wildman–Crippen LogP) is 3.61. The summed E-state index contributed by atoms with van der Waals surface area (Å²) in [5, 5.41) is 5.48. The summed E-state index contributed by atoms with van der Waals surface area (Å²) in [4.78, 5) is 37.9. The summed E-state index contributed by atoms with van der Waals surface area (Å²) < 4.78 is 0. The molecule has 4 heterocycles. The number of carbonyl (C=O) groups is 1. The number of likely N-dealkylation sites (N-methyl/N-ethyl adjacent to an activating group) is 1. The Labute approximate surface area is 204 Å². The molecule has 4 aromatic rings. The number of benzene rings is 1. The summed E-state index contributed by atoms with van der Waals surface area (Å²) in [7, 11) is 2.13. The molecule has 2 amide bonds. The number of amides is 2. The Hall–Kier alpha value is -4.05. The Kier molecular flexibility index (Phi) is 7.21. The van der Waals surface area contributed by atoms with Crippen molar-refractivity contribution in [2.24, 2.45) is 0 Å². The van der Waals surface area contributed by atoms with Crippen molar-refractivity contribution in [1.29, 1.82) is 0 Å². The number of carbonyl (C=O) groups excluding carboxylic acids is 1. The van der Waals surface area contributed by atoms with Gasteiger partial charge in [0.15, 0.2) is 0 Å². The van der Waals surface area contributed by atoms with Gasteiger partial charge in [0.1, 0.15) is 12.1 Å². The lowest BCUT2D eigenvalue weighted by Gasteiger charge is -2.33. The Balaban J connectivity index is 0.00000289. The number of pyridine rings is 1. The Morgan fingerprint density at radius 3 is 2.69 bits per heavy atom. The normalized spacial score (nSPS) is 13.9. The molecule has 10 nitrogen and oxygen atoms in total. The molecule has 3 aromatic heterocycles. The van der Waals surface area contributed by atoms with Crippen molar-refractivity contribution in [3.63, 3.8) is 0 Å². The van der Waals surface area contributed by atoms with Gasteiger partial charge in [-0.25, -0.2) is 19.7 Å². The van der Waals surface area contributed by atoms with Crippen molar-refractivity contribution in [3.8, 4) is 22.4 Å². The van der Waals surface area contributed by atoms with Crippen LogP contribution >= 0.6 is 0 Å². The lowest BCUT2D eigenvalue weighted by Crippen LogP contribution is -2.44. The standard InChI is InChI=1S/C24H27N9O.CH4/c1-3-26-24(34)31-23-29-20-12-17(16-5-4-6-25-14-16)11-18(22(20)30-23)19-13-21(28-15-27-19)33-9-7-32(2)8-10-33;/h4-6,11-15H,3,7-10H2,1-2H3,(H3,26,29,30,31,34);1H4. The predicted molar refractivity (Wildman–Crippen MR) is 139 cm³/mol. The number of nitrogens with zero attached hydrogens (tertiary/aromatic N) is 6. The molecular weight excluding hydrogens is 442 g/mol. The van der Waals surface area contributed by atoms with Gasteiger partial charge in [-0.05, 0) is 37.7 Å². The molecule has 1 aromatic carbocycles. The van der Waals surface area contributed by atoms with Gasteiger partial charge in [0.05, 0.1) is 16.7 Å². The van der Waals surface area contributed by atoms with E-state index in [0.717, 1.165) is 65.4 Å². The molecule has 0 saturated carbocycles. The van der Waals surface area contributed by atoms with Gasteiger partial charge in [-0.3, -0.25) is 10.3 Å². The number of hydrogen-bond acceptors (Lipinski definition) is 7. The first kappa shape index (κ1) is 24.1. The first-order chi connectivity index (χ1) is 16.6. The molecule has 10 heteroatoms. The van der Waals surface area contributed by atoms with Gasteiger partial charge >= 0.3 is 6.03 Å². The fourth-order valence-electron chi connectivity index (χ4n) is 4.09. The van der Waals surface area contributed by atoms with Crippen LogP contribution in [0.15, 0.2) is 49.1 Å². The van der Waals surface area contributed by atoms with Crippen molar-refractivity contribution in [2.75, 3.05) is 50.0 Å². The van der Waals surface area contributed by atoms with E-state index in [1.165, 1.54) is 0 Å². The van der Waals surface area contributed by atoms with Crippen molar-refractivity contribution in [3.05, 3.63) is 49.1 Å². The lowest BCUT2D eigenvalue weighted by atomic mass is 10.0. The molecule has 0 atom stereocenters. The SMILES string of the molecule is C.CCNC(=O)Nc1nc2c(-c3cc(N4CCN(C)CC4)ncn3)cc(-c3cccnc3)cc2[nH]1. The maximum Gasteiger partial charge on any atom is 0.321 e. The van der Waals surface area contributed by atoms with Crippen LogP contribution < -0.4 is 15.5 Å². The van der Waals surface area contributed by atoms with Crippen molar-refractivity contribution < 1.29 is 4.79 Å². The monoisotopic (exact) mass is 473 g/mol. The summed E-state index contributed by atoms with van der Waals surface area (Å²) in [6.45, 7) is 6.22. The van der Waals surface area contributed by atoms with Gasteiger partial charge in [-0.1, -0.05) is 13.5 Å². The van der Waals surface area contributed by atoms with Crippen molar-refractivity contribution >= 4 is 28.8 Å². The topological polar surface area (TPSA) is 115 Å². The van der Waals surface area contributed by atoms with E-state index in [1.54, 1.807) is 12.5 Å². The quantitative estimate of drug-likeness (QED) is 0.406. The maximum atomic E-state index is 12.1. The van der Waals surface area contributed by atoms with Crippen LogP contribution in [0.3, 0.4) is 0 Å². The zero-order valence-corrected chi connectivity index (χ0v) is 19.2. The number of rotatable bonds is 5. The highest BCUT2D eigenvalue weighted by Gasteiger charge is 2.19. The van der Waals surface area contributed by atoms with E-state index < -0.39 is 0 Å². The van der Waals surface area contributed by atoms with Gasteiger partial charge in [0.25, 0.3) is 0 Å². The zero-order chi connectivity index (χ0) is 23.5. The number of aromatic amines is 1. The Morgan fingerprint density at radius 2 is 1.94 bits per heavy atom. The van der Waals surface area contributed by atoms with Crippen LogP contribution in [0.4, 0.5) is 16.6 Å². The van der Waals surface area contributed by atoms with Crippen LogP contribution in [0.25, 0.3) is 33.4 Å². The summed E-state index contributed by atoms with van der Waals surface area (Å²) >= 11 is 0. The number of nitrogens with one attached hydrogen (secondary N) is 3. The minimum atomic E-state index is -0.310. The molecule has 0 radical (unpaired) electrons. The molecule has 0 aliphatic carbocycles. The highest BCUT2D eigenvalue weighted by Crippen LogP contribution is 2.33. The van der Waals surface area contributed by atoms with E-state index in [0.29, 0.717) is 12.5 Å². The number of hydrogen-bond donors (Lipinski definition) is 3. The van der Waals surface area contributed by atoms with E-state index in [9.17, 15) is 4.79 Å². The zero-order valence-electron chi connectivity index (χ0n) is 19.2. The second-order valence-electron chi connectivity index (χ2n) is 8.28. The number of anilines is 2. The number of H-pyrrole nitrogens is 1. The second kappa shape index (κ2) is 10.5. The largest absolute Gasteiger partial charge is 0.354 e. The van der Waals surface area contributed by atoms with Gasteiger partial charge < -0.3 is 20.1 Å². The fraction of sp³-hybridized carbons (Fsp3) is 0.320. The number of aromatic nitrogens is 5. The average Bonchev–Trinajstić information content (AvgIpc) is 3.27. The molecule has 0 bridgehead atoms. The number of piperazine rings is 1. The molecule has 182 valence electrons. The van der Waals surface area contributed by atoms with E-state index in [-0.39, 0.29) is 13.5 Å². The average molecular weight is 474 g/mol. The summed E-state index contributed by atoms with van der Waals surface area (Å²) in [5.74, 6) is 1.27. The van der Waals surface area contributed by atoms with Crippen LogP contribution in [0.2, 0.25) is 0 Å². The second-order valence-corrected chi connectivity index (χ2v) is 8.28. The Bertz CT molecular complexity index is 1300. The van der Waals surface area contributed by atoms with Crippen molar-refractivity contribution in [2.45, 2.75) is 14.4 Å². The summed E-state index contributed by atoms with van der Waals surface area (Å²) in [6, 6.07) is 9.69. The summed E-state index contributed by atoms with van der Waals surface area (Å²) in [6.07, 6.45) is 5.18. The molecular formula is C25H31N9O. The smallest absolute Gasteiger partial charge is 0.321 e. The minimum absolute atomic E-state index is 0. The van der Waals surface area contributed by atoms with E-state index in [2.05, 4.69) is 58.5 Å². The van der Waals surface area contributed by atoms with E-state index in [4.69, 9.17) is 0 Å². The third-order valence-corrected chi connectivity index (χ3v) is 5.91.